The Kier molecular flexibility index (Phi) is 2.70. The molecule has 0 aromatic rings. The summed E-state index contributed by atoms with van der Waals surface area (Å²) < 4.78 is 45.3. The van der Waals surface area contributed by atoms with Gasteiger partial charge in [0.25, 0.3) is 0 Å². The average Bonchev–Trinajstić information content (AvgIpc) is 1.71. The second-order valence-electron chi connectivity index (χ2n) is 3.34. The summed E-state index contributed by atoms with van der Waals surface area (Å²) in [6.45, 7) is 0. The first-order chi connectivity index (χ1) is 5.73. The van der Waals surface area contributed by atoms with E-state index >= 15 is 0 Å². The first-order valence-electron chi connectivity index (χ1n) is 3.92. The third-order valence-corrected chi connectivity index (χ3v) is 5.56. The molecule has 7 heteroatoms. The Morgan fingerprint density at radius 1 is 1.00 bits per heavy atom. The zero-order valence-electron chi connectivity index (χ0n) is 7.60. The van der Waals surface area contributed by atoms with Crippen LogP contribution in [-0.2, 0) is 20.0 Å². The fraction of sp³-hybridized carbons (Fsp3) is 1.00. The lowest BCUT2D eigenvalue weighted by molar-refractivity contribution is 0.296. The largest absolute Gasteiger partial charge is 0.224 e. The van der Waals surface area contributed by atoms with Gasteiger partial charge in [-0.2, -0.15) is 0 Å². The fourth-order valence-corrected chi connectivity index (χ4v) is 4.86. The minimum absolute atomic E-state index is 0.343. The molecule has 0 aromatic carbocycles. The number of nitrogens with zero attached hydrogens (tertiary/aromatic N) is 1. The van der Waals surface area contributed by atoms with Crippen LogP contribution in [0.3, 0.4) is 0 Å². The monoisotopic (exact) mass is 227 g/mol. The molecule has 1 aliphatic carbocycles. The van der Waals surface area contributed by atoms with Crippen LogP contribution in [0.25, 0.3) is 0 Å². The van der Waals surface area contributed by atoms with Gasteiger partial charge >= 0.3 is 0 Å². The molecule has 0 aliphatic heterocycles. The van der Waals surface area contributed by atoms with Gasteiger partial charge in [-0.15, -0.1) is 0 Å². The Bertz CT molecular complexity index is 347. The van der Waals surface area contributed by atoms with Crippen molar-refractivity contribution in [3.8, 4) is 0 Å². The normalized spacial score (nSPS) is 20.2. The maximum absolute atomic E-state index is 11.2. The van der Waals surface area contributed by atoms with Gasteiger partial charge in [-0.3, -0.25) is 0 Å². The van der Waals surface area contributed by atoms with Crippen LogP contribution < -0.4 is 0 Å². The van der Waals surface area contributed by atoms with Crippen LogP contribution in [0.5, 0.6) is 0 Å². The van der Waals surface area contributed by atoms with Crippen LogP contribution in [0.2, 0.25) is 0 Å². The molecule has 0 N–H and O–H groups in total. The second-order valence-corrected chi connectivity index (χ2v) is 7.29. The second kappa shape index (κ2) is 3.21. The first-order valence-corrected chi connectivity index (χ1v) is 7.62. The summed E-state index contributed by atoms with van der Waals surface area (Å²) in [7, 11) is -7.27. The molecule has 0 spiro atoms. The van der Waals surface area contributed by atoms with E-state index < -0.39 is 20.0 Å². The van der Waals surface area contributed by atoms with Crippen LogP contribution in [0.15, 0.2) is 0 Å². The van der Waals surface area contributed by atoms with E-state index in [1.165, 1.54) is 0 Å². The molecule has 0 saturated heterocycles. The molecule has 0 heterocycles. The van der Waals surface area contributed by atoms with E-state index in [1.807, 2.05) is 0 Å². The summed E-state index contributed by atoms with van der Waals surface area (Å²) in [5, 5.41) is 0. The topological polar surface area (TPSA) is 71.5 Å². The summed E-state index contributed by atoms with van der Waals surface area (Å²) in [5.74, 6) is 0. The Morgan fingerprint density at radius 3 is 1.46 bits per heavy atom. The molecular formula is C6H13NO4S2. The van der Waals surface area contributed by atoms with Crippen molar-refractivity contribution in [3.63, 3.8) is 0 Å². The summed E-state index contributed by atoms with van der Waals surface area (Å²) in [6.07, 6.45) is 4.02. The molecule has 0 unspecified atom stereocenters. The van der Waals surface area contributed by atoms with Crippen molar-refractivity contribution < 1.29 is 16.8 Å². The summed E-state index contributed by atoms with van der Waals surface area (Å²) in [4.78, 5) is 0. The lowest BCUT2D eigenvalue weighted by Gasteiger charge is -2.33. The predicted molar refractivity (Wildman–Crippen MR) is 49.2 cm³/mol. The van der Waals surface area contributed by atoms with E-state index in [4.69, 9.17) is 0 Å². The Hall–Kier alpha value is -0.140. The van der Waals surface area contributed by atoms with E-state index in [2.05, 4.69) is 0 Å². The minimum Gasteiger partial charge on any atom is -0.212 e. The van der Waals surface area contributed by atoms with Crippen LogP contribution in [0.1, 0.15) is 19.3 Å². The van der Waals surface area contributed by atoms with Gasteiger partial charge < -0.3 is 0 Å². The highest BCUT2D eigenvalue weighted by Gasteiger charge is 2.37. The highest BCUT2D eigenvalue weighted by Crippen LogP contribution is 2.28. The molecule has 1 rings (SSSR count). The molecular weight excluding hydrogens is 214 g/mol. The summed E-state index contributed by atoms with van der Waals surface area (Å²) in [6, 6.07) is -0.343. The molecule has 1 saturated carbocycles. The summed E-state index contributed by atoms with van der Waals surface area (Å²) >= 11 is 0. The van der Waals surface area contributed by atoms with Crippen molar-refractivity contribution >= 4 is 20.0 Å². The number of hydrogen-bond donors (Lipinski definition) is 0. The maximum atomic E-state index is 11.2. The molecule has 0 bridgehead atoms. The first kappa shape index (κ1) is 10.9. The summed E-state index contributed by atoms with van der Waals surface area (Å²) in [5.41, 5.74) is 0. The van der Waals surface area contributed by atoms with Crippen LogP contribution in [0.4, 0.5) is 0 Å². The van der Waals surface area contributed by atoms with Gasteiger partial charge in [-0.1, -0.05) is 10.1 Å². The smallest absolute Gasteiger partial charge is 0.212 e. The Morgan fingerprint density at radius 2 is 1.38 bits per heavy atom. The molecule has 5 nitrogen and oxygen atoms in total. The van der Waals surface area contributed by atoms with Gasteiger partial charge in [0.05, 0.1) is 12.5 Å². The number of hydrogen-bond acceptors (Lipinski definition) is 4. The van der Waals surface area contributed by atoms with Crippen LogP contribution >= 0.6 is 0 Å². The van der Waals surface area contributed by atoms with Crippen molar-refractivity contribution in [1.82, 2.24) is 3.71 Å². The van der Waals surface area contributed by atoms with Gasteiger partial charge in [0.15, 0.2) is 0 Å². The van der Waals surface area contributed by atoms with Gasteiger partial charge in [-0.25, -0.2) is 16.8 Å². The van der Waals surface area contributed by atoms with Gasteiger partial charge in [0, 0.05) is 6.04 Å². The van der Waals surface area contributed by atoms with Crippen molar-refractivity contribution in [1.29, 1.82) is 0 Å². The number of sulfonamides is 2. The Labute approximate surface area is 78.8 Å². The van der Waals surface area contributed by atoms with E-state index in [9.17, 15) is 16.8 Å². The molecule has 0 atom stereocenters. The van der Waals surface area contributed by atoms with Gasteiger partial charge in [0.1, 0.15) is 0 Å². The maximum Gasteiger partial charge on any atom is 0.224 e. The predicted octanol–water partition coefficient (Wildman–Crippen LogP) is -0.240. The van der Waals surface area contributed by atoms with E-state index in [-0.39, 0.29) is 6.04 Å². The van der Waals surface area contributed by atoms with Gasteiger partial charge in [0.2, 0.25) is 20.0 Å². The fourth-order valence-electron chi connectivity index (χ4n) is 1.39. The third kappa shape index (κ3) is 2.41. The average molecular weight is 227 g/mol. The molecule has 13 heavy (non-hydrogen) atoms. The van der Waals surface area contributed by atoms with E-state index in [1.54, 1.807) is 0 Å². The van der Waals surface area contributed by atoms with Crippen LogP contribution in [-0.4, -0.2) is 39.1 Å². The lowest BCUT2D eigenvalue weighted by atomic mass is 9.94. The van der Waals surface area contributed by atoms with Crippen molar-refractivity contribution in [3.05, 3.63) is 0 Å². The minimum atomic E-state index is -3.64. The Balaban J connectivity index is 3.03. The zero-order valence-corrected chi connectivity index (χ0v) is 9.23. The molecule has 1 aliphatic rings. The van der Waals surface area contributed by atoms with Gasteiger partial charge in [-0.05, 0) is 12.8 Å². The highest BCUT2D eigenvalue weighted by molar-refractivity contribution is 8.03. The van der Waals surface area contributed by atoms with E-state index in [0.717, 1.165) is 18.9 Å². The molecule has 0 aromatic heterocycles. The van der Waals surface area contributed by atoms with Crippen LogP contribution in [0, 0.1) is 0 Å². The SMILES string of the molecule is CS(=O)(=O)N(C1CCC1)S(C)(=O)=O. The quantitative estimate of drug-likeness (QED) is 0.667. The third-order valence-electron chi connectivity index (χ3n) is 2.03. The molecule has 0 amide bonds. The van der Waals surface area contributed by atoms with Crippen molar-refractivity contribution in [2.75, 3.05) is 12.5 Å². The molecule has 0 radical (unpaired) electrons. The number of rotatable bonds is 3. The zero-order chi connectivity index (χ0) is 10.3. The van der Waals surface area contributed by atoms with Crippen molar-refractivity contribution in [2.24, 2.45) is 0 Å². The molecule has 1 fully saturated rings. The standard InChI is InChI=1S/C6H13NO4S2/c1-12(8,9)7(13(2,10)11)6-4-3-5-6/h6H,3-5H2,1-2H3. The van der Waals surface area contributed by atoms with E-state index in [0.29, 0.717) is 16.6 Å². The lowest BCUT2D eigenvalue weighted by Crippen LogP contribution is -2.46. The highest BCUT2D eigenvalue weighted by atomic mass is 32.3. The molecule has 78 valence electrons. The van der Waals surface area contributed by atoms with Crippen molar-refractivity contribution in [2.45, 2.75) is 25.3 Å².